The minimum absolute atomic E-state index is 0.870. The fourth-order valence-electron chi connectivity index (χ4n) is 7.51. The second-order valence-electron chi connectivity index (χ2n) is 13.3. The summed E-state index contributed by atoms with van der Waals surface area (Å²) in [6, 6.07) is 66.2. The molecular weight excluding hydrogens is 645 g/mol. The highest BCUT2D eigenvalue weighted by atomic mass is 15.3. The maximum Gasteiger partial charge on any atom is 0.101 e. The zero-order valence-electron chi connectivity index (χ0n) is 28.8. The molecule has 0 unspecified atom stereocenters. The molecule has 0 bridgehead atoms. The van der Waals surface area contributed by atoms with Gasteiger partial charge in [-0.3, -0.25) is 4.98 Å². The van der Waals surface area contributed by atoms with E-state index in [1.165, 1.54) is 10.9 Å². The van der Waals surface area contributed by atoms with Gasteiger partial charge in [0.1, 0.15) is 5.69 Å². The molecule has 4 nitrogen and oxygen atoms in total. The van der Waals surface area contributed by atoms with Gasteiger partial charge in [-0.1, -0.05) is 146 Å². The maximum absolute atomic E-state index is 5.37. The minimum atomic E-state index is 0.870. The number of nitrogens with zero attached hydrogens (tertiary/aromatic N) is 4. The van der Waals surface area contributed by atoms with E-state index >= 15 is 0 Å². The number of pyridine rings is 2. The van der Waals surface area contributed by atoms with E-state index in [0.717, 1.165) is 83.3 Å². The smallest absolute Gasteiger partial charge is 0.101 e. The number of rotatable bonds is 6. The fraction of sp³-hybridized carbons (Fsp3) is 0. The largest absolute Gasteiger partial charge is 0.255 e. The monoisotopic (exact) mass is 676 g/mol. The normalized spacial score (nSPS) is 11.4. The molecule has 0 N–H and O–H groups in total. The van der Waals surface area contributed by atoms with Crippen molar-refractivity contribution in [1.29, 1.82) is 0 Å². The number of benzene rings is 7. The Bertz CT molecular complexity index is 2900. The van der Waals surface area contributed by atoms with Crippen LogP contribution in [0.2, 0.25) is 0 Å². The Morgan fingerprint density at radius 2 is 1.08 bits per heavy atom. The molecule has 53 heavy (non-hydrogen) atoms. The maximum atomic E-state index is 5.37. The lowest BCUT2D eigenvalue weighted by Gasteiger charge is -2.14. The van der Waals surface area contributed by atoms with E-state index in [1.807, 2.05) is 24.3 Å². The zero-order chi connectivity index (χ0) is 35.1. The molecule has 0 aliphatic rings. The number of fused-ring (bicyclic) bond motifs is 4. The first-order valence-electron chi connectivity index (χ1n) is 17.9. The third-order valence-electron chi connectivity index (χ3n) is 10.1. The lowest BCUT2D eigenvalue weighted by atomic mass is 9.90. The van der Waals surface area contributed by atoms with Crippen LogP contribution < -0.4 is 0 Å². The van der Waals surface area contributed by atoms with Crippen LogP contribution in [0.15, 0.2) is 194 Å². The van der Waals surface area contributed by atoms with Crippen LogP contribution in [0.4, 0.5) is 0 Å². The van der Waals surface area contributed by atoms with Crippen LogP contribution in [-0.4, -0.2) is 19.7 Å². The van der Waals surface area contributed by atoms with Gasteiger partial charge in [0.25, 0.3) is 0 Å². The average Bonchev–Trinajstić information content (AvgIpc) is 3.65. The third-order valence-corrected chi connectivity index (χ3v) is 10.1. The molecule has 0 radical (unpaired) electrons. The van der Waals surface area contributed by atoms with E-state index < -0.39 is 0 Å². The molecule has 0 amide bonds. The van der Waals surface area contributed by atoms with Gasteiger partial charge >= 0.3 is 0 Å². The van der Waals surface area contributed by atoms with Crippen molar-refractivity contribution < 1.29 is 0 Å². The number of para-hydroxylation sites is 1. The second-order valence-corrected chi connectivity index (χ2v) is 13.3. The van der Waals surface area contributed by atoms with Gasteiger partial charge in [-0.2, -0.15) is 5.10 Å². The lowest BCUT2D eigenvalue weighted by Crippen LogP contribution is -1.97. The van der Waals surface area contributed by atoms with Crippen LogP contribution in [0.1, 0.15) is 0 Å². The Labute approximate surface area is 307 Å². The van der Waals surface area contributed by atoms with Gasteiger partial charge < -0.3 is 0 Å². The molecule has 0 saturated carbocycles. The van der Waals surface area contributed by atoms with Crippen molar-refractivity contribution in [2.45, 2.75) is 0 Å². The van der Waals surface area contributed by atoms with E-state index in [2.05, 4.69) is 173 Å². The van der Waals surface area contributed by atoms with E-state index in [9.17, 15) is 0 Å². The summed E-state index contributed by atoms with van der Waals surface area (Å²) in [6.45, 7) is 0. The van der Waals surface area contributed by atoms with E-state index in [-0.39, 0.29) is 0 Å². The summed E-state index contributed by atoms with van der Waals surface area (Å²) in [5, 5.41) is 9.95. The molecule has 10 aromatic rings. The molecule has 0 saturated heterocycles. The van der Waals surface area contributed by atoms with Gasteiger partial charge in [0.2, 0.25) is 0 Å². The zero-order valence-corrected chi connectivity index (χ0v) is 28.8. The van der Waals surface area contributed by atoms with Crippen molar-refractivity contribution in [3.8, 4) is 61.7 Å². The Morgan fingerprint density at radius 1 is 0.415 bits per heavy atom. The summed E-state index contributed by atoms with van der Waals surface area (Å²) in [6.07, 6.45) is 1.81. The molecule has 3 heterocycles. The molecule has 10 rings (SSSR count). The fourth-order valence-corrected chi connectivity index (χ4v) is 7.51. The van der Waals surface area contributed by atoms with Crippen LogP contribution in [0.25, 0.3) is 94.3 Å². The van der Waals surface area contributed by atoms with Crippen LogP contribution in [-0.2, 0) is 0 Å². The summed E-state index contributed by atoms with van der Waals surface area (Å²) < 4.78 is 2.13. The minimum Gasteiger partial charge on any atom is -0.255 e. The van der Waals surface area contributed by atoms with Crippen LogP contribution >= 0.6 is 0 Å². The molecule has 3 aromatic heterocycles. The molecule has 248 valence electrons. The van der Waals surface area contributed by atoms with Crippen molar-refractivity contribution in [3.05, 3.63) is 194 Å². The molecule has 4 heteroatoms. The summed E-state index contributed by atoms with van der Waals surface area (Å²) >= 11 is 0. The standard InChI is InChI=1S/C49H32N4/c1-4-13-34(14-5-1)42-32-43-40(19-12-20-41(43)49-47(42)48(37-15-6-2-7-16-37)52-53(49)39-17-8-3-9-18-39)35-24-22-33(23-25-35)38-27-26-36-28-29-45(51-46(36)31-38)44-21-10-11-30-50-44/h1-32H. The first-order chi connectivity index (χ1) is 26.3. The van der Waals surface area contributed by atoms with Crippen LogP contribution in [0.3, 0.4) is 0 Å². The van der Waals surface area contributed by atoms with Crippen molar-refractivity contribution >= 4 is 32.6 Å². The molecular formula is C49H32N4. The summed E-state index contributed by atoms with van der Waals surface area (Å²) in [7, 11) is 0. The third kappa shape index (κ3) is 5.45. The second kappa shape index (κ2) is 12.9. The highest BCUT2D eigenvalue weighted by Gasteiger charge is 2.22. The Morgan fingerprint density at radius 3 is 1.83 bits per heavy atom. The van der Waals surface area contributed by atoms with Crippen molar-refractivity contribution in [3.63, 3.8) is 0 Å². The lowest BCUT2D eigenvalue weighted by molar-refractivity contribution is 0.918. The van der Waals surface area contributed by atoms with Gasteiger partial charge in [0.05, 0.1) is 28.1 Å². The first kappa shape index (κ1) is 30.6. The van der Waals surface area contributed by atoms with E-state index in [0.29, 0.717) is 0 Å². The average molecular weight is 677 g/mol. The quantitative estimate of drug-likeness (QED) is 0.176. The van der Waals surface area contributed by atoms with Gasteiger partial charge in [0.15, 0.2) is 0 Å². The van der Waals surface area contributed by atoms with Gasteiger partial charge in [-0.25, -0.2) is 9.67 Å². The SMILES string of the molecule is c1ccc(-c2cc3c(-c4ccc(-c5ccc6ccc(-c7ccccn7)nc6c5)cc4)cccc3c3c2c(-c2ccccc2)nn3-c2ccccc2)cc1. The van der Waals surface area contributed by atoms with Gasteiger partial charge in [0, 0.05) is 27.9 Å². The number of hydrogen-bond acceptors (Lipinski definition) is 3. The van der Waals surface area contributed by atoms with Crippen molar-refractivity contribution in [2.24, 2.45) is 0 Å². The molecule has 0 atom stereocenters. The highest BCUT2D eigenvalue weighted by Crippen LogP contribution is 2.44. The highest BCUT2D eigenvalue weighted by molar-refractivity contribution is 6.19. The molecule has 0 spiro atoms. The van der Waals surface area contributed by atoms with E-state index in [1.54, 1.807) is 6.20 Å². The predicted molar refractivity (Wildman–Crippen MR) is 219 cm³/mol. The summed E-state index contributed by atoms with van der Waals surface area (Å²) in [5.74, 6) is 0. The summed E-state index contributed by atoms with van der Waals surface area (Å²) in [4.78, 5) is 9.47. The number of aromatic nitrogens is 4. The van der Waals surface area contributed by atoms with Crippen LogP contribution in [0, 0.1) is 0 Å². The molecule has 0 aliphatic heterocycles. The van der Waals surface area contributed by atoms with E-state index in [4.69, 9.17) is 10.1 Å². The Kier molecular flexibility index (Phi) is 7.43. The van der Waals surface area contributed by atoms with Gasteiger partial charge in [-0.05, 0) is 81.2 Å². The Hall–Kier alpha value is -7.17. The molecule has 7 aromatic carbocycles. The molecule has 0 fully saturated rings. The first-order valence-corrected chi connectivity index (χ1v) is 17.9. The predicted octanol–water partition coefficient (Wildman–Crippen LogP) is 12.5. The van der Waals surface area contributed by atoms with Gasteiger partial charge in [-0.15, -0.1) is 0 Å². The topological polar surface area (TPSA) is 43.6 Å². The molecule has 0 aliphatic carbocycles. The Balaban J connectivity index is 1.15. The number of hydrogen-bond donors (Lipinski definition) is 0. The summed E-state index contributed by atoms with van der Waals surface area (Å²) in [5.41, 5.74) is 13.8. The van der Waals surface area contributed by atoms with Crippen LogP contribution in [0.5, 0.6) is 0 Å². The van der Waals surface area contributed by atoms with Crippen molar-refractivity contribution in [2.75, 3.05) is 0 Å². The van der Waals surface area contributed by atoms with Crippen molar-refractivity contribution in [1.82, 2.24) is 19.7 Å².